The van der Waals surface area contributed by atoms with Crippen molar-refractivity contribution in [1.29, 1.82) is 0 Å². The normalized spacial score (nSPS) is 11.4. The van der Waals surface area contributed by atoms with Gasteiger partial charge in [0.15, 0.2) is 0 Å². The first kappa shape index (κ1) is 27.5. The summed E-state index contributed by atoms with van der Waals surface area (Å²) in [5.74, 6) is 0.652. The van der Waals surface area contributed by atoms with Gasteiger partial charge in [-0.1, -0.05) is 24.3 Å². The minimum atomic E-state index is -4.41. The van der Waals surface area contributed by atoms with Gasteiger partial charge in [-0.2, -0.15) is 0 Å². The molecule has 10 heteroatoms. The van der Waals surface area contributed by atoms with E-state index >= 15 is 0 Å². The van der Waals surface area contributed by atoms with Gasteiger partial charge in [0.05, 0.1) is 7.11 Å². The van der Waals surface area contributed by atoms with Crippen molar-refractivity contribution in [3.05, 3.63) is 72.3 Å². The molecule has 2 N–H and O–H groups in total. The number of nitrogens with one attached hydrogen (secondary N) is 2. The molecule has 0 saturated heterocycles. The summed E-state index contributed by atoms with van der Waals surface area (Å²) in [4.78, 5) is 25.9. The van der Waals surface area contributed by atoms with Gasteiger partial charge in [0, 0.05) is 25.2 Å². The van der Waals surface area contributed by atoms with Crippen molar-refractivity contribution in [1.82, 2.24) is 14.9 Å². The lowest BCUT2D eigenvalue weighted by atomic mass is 10.1. The second kappa shape index (κ2) is 10.9. The van der Waals surface area contributed by atoms with Crippen LogP contribution in [0, 0.1) is 0 Å². The van der Waals surface area contributed by atoms with E-state index in [1.54, 1.807) is 60.2 Å². The lowest BCUT2D eigenvalue weighted by Crippen LogP contribution is -2.48. The van der Waals surface area contributed by atoms with Crippen LogP contribution in [0.1, 0.15) is 31.1 Å². The highest BCUT2D eigenvalue weighted by atomic mass is 32.2. The number of sulfonamides is 1. The standard InChI is InChI=1S/C27H31N3O6S/c1-27(2,3)28-26(32)29-37(33,34)24-17-20(25(31)30(4)5)12-15-23(24)36-22-9-7-8-19(16-22)18-10-13-21(35-6)14-11-18/h7-17H,1-6H3,(H2,28,29,32). The number of methoxy groups -OCH3 is 1. The van der Waals surface area contributed by atoms with Crippen LogP contribution in [0.15, 0.2) is 71.6 Å². The zero-order valence-electron chi connectivity index (χ0n) is 21.7. The van der Waals surface area contributed by atoms with Crippen LogP contribution in [-0.2, 0) is 10.0 Å². The number of hydrogen-bond acceptors (Lipinski definition) is 6. The van der Waals surface area contributed by atoms with Crippen LogP contribution in [0.2, 0.25) is 0 Å². The number of benzene rings is 3. The third kappa shape index (κ3) is 7.23. The second-order valence-corrected chi connectivity index (χ2v) is 11.2. The van der Waals surface area contributed by atoms with Crippen molar-refractivity contribution in [3.63, 3.8) is 0 Å². The molecule has 3 amide bonds. The first-order valence-corrected chi connectivity index (χ1v) is 12.9. The molecule has 0 aliphatic rings. The molecule has 3 aromatic rings. The largest absolute Gasteiger partial charge is 0.497 e. The fourth-order valence-electron chi connectivity index (χ4n) is 3.39. The van der Waals surface area contributed by atoms with E-state index in [1.807, 2.05) is 35.1 Å². The van der Waals surface area contributed by atoms with Gasteiger partial charge in [-0.3, -0.25) is 4.79 Å². The minimum absolute atomic E-state index is 0.0433. The van der Waals surface area contributed by atoms with Crippen LogP contribution in [-0.4, -0.2) is 52.0 Å². The van der Waals surface area contributed by atoms with Crippen LogP contribution in [0.4, 0.5) is 4.79 Å². The van der Waals surface area contributed by atoms with Crippen LogP contribution in [0.25, 0.3) is 11.1 Å². The number of carbonyl (C=O) groups excluding carboxylic acids is 2. The van der Waals surface area contributed by atoms with Crippen molar-refractivity contribution in [2.24, 2.45) is 0 Å². The number of urea groups is 1. The average Bonchev–Trinajstić information content (AvgIpc) is 2.82. The Morgan fingerprint density at radius 2 is 1.54 bits per heavy atom. The molecule has 0 unspecified atom stereocenters. The van der Waals surface area contributed by atoms with Crippen molar-refractivity contribution in [2.75, 3.05) is 21.2 Å². The maximum Gasteiger partial charge on any atom is 0.329 e. The van der Waals surface area contributed by atoms with E-state index in [0.29, 0.717) is 5.75 Å². The van der Waals surface area contributed by atoms with E-state index in [1.165, 1.54) is 23.1 Å². The summed E-state index contributed by atoms with van der Waals surface area (Å²) in [7, 11) is 0.298. The third-order valence-electron chi connectivity index (χ3n) is 5.09. The van der Waals surface area contributed by atoms with Gasteiger partial charge in [0.2, 0.25) is 0 Å². The summed E-state index contributed by atoms with van der Waals surface area (Å²) in [6, 6.07) is 17.7. The Labute approximate surface area is 217 Å². The Morgan fingerprint density at radius 3 is 2.14 bits per heavy atom. The van der Waals surface area contributed by atoms with E-state index in [0.717, 1.165) is 16.9 Å². The Balaban J connectivity index is 2.00. The van der Waals surface area contributed by atoms with Gasteiger partial charge >= 0.3 is 6.03 Å². The Morgan fingerprint density at radius 1 is 0.865 bits per heavy atom. The highest BCUT2D eigenvalue weighted by molar-refractivity contribution is 7.90. The summed E-state index contributed by atoms with van der Waals surface area (Å²) in [6.07, 6.45) is 0. The number of rotatable bonds is 7. The molecule has 0 aliphatic heterocycles. The molecule has 3 aromatic carbocycles. The number of amides is 3. The molecule has 0 aromatic heterocycles. The molecule has 0 aliphatic carbocycles. The number of ether oxygens (including phenoxy) is 2. The molecule has 0 heterocycles. The number of carbonyl (C=O) groups is 2. The van der Waals surface area contributed by atoms with E-state index < -0.39 is 27.5 Å². The second-order valence-electron chi connectivity index (χ2n) is 9.53. The minimum Gasteiger partial charge on any atom is -0.497 e. The number of nitrogens with zero attached hydrogens (tertiary/aromatic N) is 1. The maximum atomic E-state index is 13.2. The number of hydrogen-bond donors (Lipinski definition) is 2. The predicted molar refractivity (Wildman–Crippen MR) is 142 cm³/mol. The molecule has 37 heavy (non-hydrogen) atoms. The van der Waals surface area contributed by atoms with E-state index in [2.05, 4.69) is 5.32 Å². The molecule has 0 atom stereocenters. The van der Waals surface area contributed by atoms with Gasteiger partial charge < -0.3 is 19.7 Å². The monoisotopic (exact) mass is 525 g/mol. The molecular weight excluding hydrogens is 494 g/mol. The zero-order valence-corrected chi connectivity index (χ0v) is 22.5. The molecule has 3 rings (SSSR count). The predicted octanol–water partition coefficient (Wildman–Crippen LogP) is 4.64. The average molecular weight is 526 g/mol. The lowest BCUT2D eigenvalue weighted by molar-refractivity contribution is 0.0827. The van der Waals surface area contributed by atoms with Crippen molar-refractivity contribution in [3.8, 4) is 28.4 Å². The van der Waals surface area contributed by atoms with Crippen LogP contribution in [0.3, 0.4) is 0 Å². The highest BCUT2D eigenvalue weighted by Crippen LogP contribution is 2.33. The first-order valence-electron chi connectivity index (χ1n) is 11.4. The summed E-state index contributed by atoms with van der Waals surface area (Å²) < 4.78 is 39.7. The first-order chi connectivity index (χ1) is 17.3. The summed E-state index contributed by atoms with van der Waals surface area (Å²) in [5.41, 5.74) is 1.21. The van der Waals surface area contributed by atoms with Crippen molar-refractivity contribution < 1.29 is 27.5 Å². The highest BCUT2D eigenvalue weighted by Gasteiger charge is 2.26. The van der Waals surface area contributed by atoms with Gasteiger partial charge in [-0.05, 0) is 74.4 Å². The molecule has 0 fully saturated rings. The van der Waals surface area contributed by atoms with Crippen LogP contribution < -0.4 is 19.5 Å². The van der Waals surface area contributed by atoms with E-state index in [-0.39, 0.29) is 16.2 Å². The van der Waals surface area contributed by atoms with E-state index in [4.69, 9.17) is 9.47 Å². The van der Waals surface area contributed by atoms with Crippen molar-refractivity contribution >= 4 is 22.0 Å². The zero-order chi connectivity index (χ0) is 27.4. The van der Waals surface area contributed by atoms with Gasteiger partial charge in [-0.25, -0.2) is 17.9 Å². The van der Waals surface area contributed by atoms with Crippen molar-refractivity contribution in [2.45, 2.75) is 31.2 Å². The molecule has 196 valence electrons. The van der Waals surface area contributed by atoms with Crippen LogP contribution in [0.5, 0.6) is 17.2 Å². The van der Waals surface area contributed by atoms with Gasteiger partial charge in [0.1, 0.15) is 22.1 Å². The Hall–Kier alpha value is -4.05. The fraction of sp³-hybridized carbons (Fsp3) is 0.259. The summed E-state index contributed by atoms with van der Waals surface area (Å²) in [6.45, 7) is 5.17. The maximum absolute atomic E-state index is 13.2. The topological polar surface area (TPSA) is 114 Å². The quantitative estimate of drug-likeness (QED) is 0.464. The molecule has 9 nitrogen and oxygen atoms in total. The summed E-state index contributed by atoms with van der Waals surface area (Å²) >= 11 is 0. The molecule has 0 radical (unpaired) electrons. The Kier molecular flexibility index (Phi) is 8.12. The lowest BCUT2D eigenvalue weighted by Gasteiger charge is -2.21. The smallest absolute Gasteiger partial charge is 0.329 e. The summed E-state index contributed by atoms with van der Waals surface area (Å²) in [5, 5.41) is 2.55. The van der Waals surface area contributed by atoms with Gasteiger partial charge in [0.25, 0.3) is 15.9 Å². The van der Waals surface area contributed by atoms with Crippen LogP contribution >= 0.6 is 0 Å². The van der Waals surface area contributed by atoms with Gasteiger partial charge in [-0.15, -0.1) is 0 Å². The molecular formula is C27H31N3O6S. The Bertz CT molecular complexity index is 1390. The SMILES string of the molecule is COc1ccc(-c2cccc(Oc3ccc(C(=O)N(C)C)cc3S(=O)(=O)NC(=O)NC(C)(C)C)c2)cc1. The molecule has 0 bridgehead atoms. The third-order valence-corrected chi connectivity index (χ3v) is 6.44. The molecule has 0 saturated carbocycles. The fourth-order valence-corrected chi connectivity index (χ4v) is 4.45. The molecule has 0 spiro atoms. The van der Waals surface area contributed by atoms with E-state index in [9.17, 15) is 18.0 Å².